The Morgan fingerprint density at radius 1 is 1.12 bits per heavy atom. The molecule has 0 aromatic heterocycles. The quantitative estimate of drug-likeness (QED) is 0.308. The third kappa shape index (κ3) is 5.82. The predicted molar refractivity (Wildman–Crippen MR) is 96.7 cm³/mol. The monoisotopic (exact) mass is 335 g/mol. The van der Waals surface area contributed by atoms with Gasteiger partial charge in [-0.1, -0.05) is 61.9 Å². The Hall–Kier alpha value is -3.06. The third-order valence-corrected chi connectivity index (χ3v) is 3.53. The number of ether oxygens (including phenoxy) is 2. The van der Waals surface area contributed by atoms with E-state index in [1.165, 1.54) is 6.08 Å². The van der Waals surface area contributed by atoms with E-state index >= 15 is 0 Å². The normalized spacial score (nSPS) is 10.8. The van der Waals surface area contributed by atoms with Gasteiger partial charge in [0.15, 0.2) is 0 Å². The van der Waals surface area contributed by atoms with Crippen LogP contribution in [-0.2, 0) is 16.1 Å². The first kappa shape index (κ1) is 18.3. The number of benzene rings is 2. The molecule has 0 bridgehead atoms. The Morgan fingerprint density at radius 2 is 1.84 bits per heavy atom. The van der Waals surface area contributed by atoms with Crippen molar-refractivity contribution >= 4 is 12.0 Å². The lowest BCUT2D eigenvalue weighted by molar-refractivity contribution is -0.139. The van der Waals surface area contributed by atoms with Crippen LogP contribution in [0.2, 0.25) is 0 Å². The summed E-state index contributed by atoms with van der Waals surface area (Å²) < 4.78 is 10.9. The van der Waals surface area contributed by atoms with E-state index in [4.69, 9.17) is 9.47 Å². The van der Waals surface area contributed by atoms with Gasteiger partial charge in [0.1, 0.15) is 24.0 Å². The lowest BCUT2D eigenvalue weighted by Crippen LogP contribution is -2.07. The maximum atomic E-state index is 12.2. The fourth-order valence-electron chi connectivity index (χ4n) is 2.15. The topological polar surface area (TPSA) is 59.3 Å². The SMILES string of the molecule is CCCCOc1ccccc1C=C(C#N)C(=O)OCc1ccccc1. The van der Waals surface area contributed by atoms with Gasteiger partial charge in [-0.05, 0) is 24.1 Å². The van der Waals surface area contributed by atoms with Crippen molar-refractivity contribution in [3.8, 4) is 11.8 Å². The Balaban J connectivity index is 2.08. The minimum Gasteiger partial charge on any atom is -0.493 e. The van der Waals surface area contributed by atoms with Crippen molar-refractivity contribution in [3.05, 3.63) is 71.3 Å². The van der Waals surface area contributed by atoms with E-state index in [0.29, 0.717) is 17.9 Å². The molecule has 0 amide bonds. The fraction of sp³-hybridized carbons (Fsp3) is 0.238. The van der Waals surface area contributed by atoms with E-state index in [1.54, 1.807) is 0 Å². The first-order valence-corrected chi connectivity index (χ1v) is 8.29. The molecule has 0 aliphatic heterocycles. The van der Waals surface area contributed by atoms with E-state index < -0.39 is 5.97 Å². The minimum absolute atomic E-state index is 0.0533. The number of esters is 1. The van der Waals surface area contributed by atoms with Gasteiger partial charge < -0.3 is 9.47 Å². The number of unbranched alkanes of at least 4 members (excludes halogenated alkanes) is 1. The molecule has 2 aromatic rings. The molecule has 0 heterocycles. The number of carbonyl (C=O) groups excluding carboxylic acids is 1. The highest BCUT2D eigenvalue weighted by atomic mass is 16.5. The molecule has 0 spiro atoms. The van der Waals surface area contributed by atoms with Crippen molar-refractivity contribution in [3.63, 3.8) is 0 Å². The van der Waals surface area contributed by atoms with Crippen LogP contribution >= 0.6 is 0 Å². The molecule has 0 saturated heterocycles. The lowest BCUT2D eigenvalue weighted by atomic mass is 10.1. The van der Waals surface area contributed by atoms with Crippen molar-refractivity contribution in [2.45, 2.75) is 26.4 Å². The van der Waals surface area contributed by atoms with Gasteiger partial charge in [0.25, 0.3) is 0 Å². The summed E-state index contributed by atoms with van der Waals surface area (Å²) in [4.78, 5) is 12.2. The largest absolute Gasteiger partial charge is 0.493 e. The lowest BCUT2D eigenvalue weighted by Gasteiger charge is -2.09. The molecule has 4 heteroatoms. The summed E-state index contributed by atoms with van der Waals surface area (Å²) in [5.41, 5.74) is 1.51. The van der Waals surface area contributed by atoms with E-state index in [2.05, 4.69) is 6.92 Å². The van der Waals surface area contributed by atoms with Crippen LogP contribution in [0.4, 0.5) is 0 Å². The zero-order valence-electron chi connectivity index (χ0n) is 14.3. The summed E-state index contributed by atoms with van der Waals surface area (Å²) in [5.74, 6) is 0.00859. The minimum atomic E-state index is -0.644. The van der Waals surface area contributed by atoms with Crippen LogP contribution in [0.3, 0.4) is 0 Å². The van der Waals surface area contributed by atoms with Gasteiger partial charge in [-0.25, -0.2) is 4.79 Å². The molecule has 128 valence electrons. The van der Waals surface area contributed by atoms with Gasteiger partial charge in [0.2, 0.25) is 0 Å². The van der Waals surface area contributed by atoms with E-state index in [-0.39, 0.29) is 12.2 Å². The van der Waals surface area contributed by atoms with Crippen molar-refractivity contribution < 1.29 is 14.3 Å². The van der Waals surface area contributed by atoms with Gasteiger partial charge in [-0.3, -0.25) is 0 Å². The number of hydrogen-bond acceptors (Lipinski definition) is 4. The number of para-hydroxylation sites is 1. The molecule has 0 aliphatic carbocycles. The van der Waals surface area contributed by atoms with Crippen molar-refractivity contribution in [2.24, 2.45) is 0 Å². The third-order valence-electron chi connectivity index (χ3n) is 3.53. The number of rotatable bonds is 8. The molecule has 0 aliphatic rings. The highest BCUT2D eigenvalue weighted by molar-refractivity contribution is 5.98. The zero-order valence-corrected chi connectivity index (χ0v) is 14.3. The van der Waals surface area contributed by atoms with Crippen LogP contribution in [-0.4, -0.2) is 12.6 Å². The Kier molecular flexibility index (Phi) is 7.27. The maximum Gasteiger partial charge on any atom is 0.349 e. The second kappa shape index (κ2) is 9.94. The van der Waals surface area contributed by atoms with E-state index in [1.807, 2.05) is 60.7 Å². The van der Waals surface area contributed by atoms with Crippen molar-refractivity contribution in [1.82, 2.24) is 0 Å². The average molecular weight is 335 g/mol. The summed E-state index contributed by atoms with van der Waals surface area (Å²) in [6.07, 6.45) is 3.49. The van der Waals surface area contributed by atoms with Crippen molar-refractivity contribution in [1.29, 1.82) is 5.26 Å². The van der Waals surface area contributed by atoms with Gasteiger partial charge in [-0.15, -0.1) is 0 Å². The smallest absolute Gasteiger partial charge is 0.349 e. The molecular formula is C21H21NO3. The standard InChI is InChI=1S/C21H21NO3/c1-2-3-13-24-20-12-8-7-11-18(20)14-19(15-22)21(23)25-16-17-9-5-4-6-10-17/h4-12,14H,2-3,13,16H2,1H3. The molecule has 25 heavy (non-hydrogen) atoms. The molecule has 2 rings (SSSR count). The van der Waals surface area contributed by atoms with Gasteiger partial charge >= 0.3 is 5.97 Å². The van der Waals surface area contributed by atoms with Gasteiger partial charge in [0, 0.05) is 5.56 Å². The van der Waals surface area contributed by atoms with E-state index in [0.717, 1.165) is 18.4 Å². The molecule has 4 nitrogen and oxygen atoms in total. The molecule has 0 saturated carbocycles. The highest BCUT2D eigenvalue weighted by Gasteiger charge is 2.12. The second-order valence-electron chi connectivity index (χ2n) is 5.47. The van der Waals surface area contributed by atoms with Gasteiger partial charge in [-0.2, -0.15) is 5.26 Å². The Morgan fingerprint density at radius 3 is 2.56 bits per heavy atom. The van der Waals surface area contributed by atoms with Crippen molar-refractivity contribution in [2.75, 3.05) is 6.61 Å². The molecule has 0 atom stereocenters. The summed E-state index contributed by atoms with van der Waals surface area (Å²) in [7, 11) is 0. The number of carbonyl (C=O) groups is 1. The van der Waals surface area contributed by atoms with Crippen LogP contribution in [0.25, 0.3) is 6.08 Å². The Labute approximate surface area is 148 Å². The average Bonchev–Trinajstić information content (AvgIpc) is 2.66. The summed E-state index contributed by atoms with van der Waals surface area (Å²) in [6, 6.07) is 18.6. The van der Waals surface area contributed by atoms with Crippen LogP contribution in [0.1, 0.15) is 30.9 Å². The second-order valence-corrected chi connectivity index (χ2v) is 5.47. The first-order valence-electron chi connectivity index (χ1n) is 8.29. The molecule has 0 radical (unpaired) electrons. The molecule has 0 unspecified atom stereocenters. The summed E-state index contributed by atoms with van der Waals surface area (Å²) in [5, 5.41) is 9.30. The van der Waals surface area contributed by atoms with Crippen LogP contribution in [0, 0.1) is 11.3 Å². The van der Waals surface area contributed by atoms with Crippen LogP contribution in [0.15, 0.2) is 60.2 Å². The first-order chi connectivity index (χ1) is 12.2. The molecular weight excluding hydrogens is 314 g/mol. The number of nitrogens with zero attached hydrogens (tertiary/aromatic N) is 1. The van der Waals surface area contributed by atoms with Crippen LogP contribution < -0.4 is 4.74 Å². The Bertz CT molecular complexity index is 760. The highest BCUT2D eigenvalue weighted by Crippen LogP contribution is 2.21. The fourth-order valence-corrected chi connectivity index (χ4v) is 2.15. The number of hydrogen-bond donors (Lipinski definition) is 0. The van der Waals surface area contributed by atoms with E-state index in [9.17, 15) is 10.1 Å². The molecule has 0 fully saturated rings. The maximum absolute atomic E-state index is 12.2. The summed E-state index contributed by atoms with van der Waals surface area (Å²) in [6.45, 7) is 2.82. The van der Waals surface area contributed by atoms with Gasteiger partial charge in [0.05, 0.1) is 6.61 Å². The molecule has 0 N–H and O–H groups in total. The van der Waals surface area contributed by atoms with Crippen LogP contribution in [0.5, 0.6) is 5.75 Å². The zero-order chi connectivity index (χ0) is 17.9. The molecule has 2 aromatic carbocycles. The summed E-state index contributed by atoms with van der Waals surface area (Å²) >= 11 is 0. The predicted octanol–water partition coefficient (Wildman–Crippen LogP) is 4.52. The number of nitriles is 1.